The minimum Gasteiger partial charge on any atom is -0.497 e. The van der Waals surface area contributed by atoms with Gasteiger partial charge in [0.25, 0.3) is 17.7 Å². The van der Waals surface area contributed by atoms with Gasteiger partial charge in [0, 0.05) is 5.56 Å². The van der Waals surface area contributed by atoms with Crippen molar-refractivity contribution in [2.75, 3.05) is 25.2 Å². The Labute approximate surface area is 166 Å². The van der Waals surface area contributed by atoms with E-state index in [1.807, 2.05) is 19.1 Å². The number of carbonyl (C=O) groups is 2. The Hall–Kier alpha value is -3.49. The SMILES string of the molecule is COc1cccc(C(F)(F)CNC(=O)C2=NCC(=O)N(c3ccc(C)cc3)N2)c1. The van der Waals surface area contributed by atoms with E-state index >= 15 is 0 Å². The molecule has 2 aromatic carbocycles. The van der Waals surface area contributed by atoms with Gasteiger partial charge in [-0.25, -0.2) is 5.01 Å². The van der Waals surface area contributed by atoms with Gasteiger partial charge in [0.2, 0.25) is 5.84 Å². The number of aryl methyl sites for hydroxylation is 1. The Morgan fingerprint density at radius 2 is 2.00 bits per heavy atom. The predicted molar refractivity (Wildman–Crippen MR) is 104 cm³/mol. The zero-order valence-corrected chi connectivity index (χ0v) is 15.9. The first-order valence-corrected chi connectivity index (χ1v) is 8.81. The van der Waals surface area contributed by atoms with E-state index < -0.39 is 18.4 Å². The lowest BCUT2D eigenvalue weighted by molar-refractivity contribution is -0.118. The molecule has 1 aliphatic rings. The van der Waals surface area contributed by atoms with Crippen LogP contribution in [-0.2, 0) is 15.5 Å². The number of aliphatic imine (C=N–C) groups is 1. The fraction of sp³-hybridized carbons (Fsp3) is 0.250. The monoisotopic (exact) mass is 402 g/mol. The normalized spacial score (nSPS) is 14.1. The van der Waals surface area contributed by atoms with Gasteiger partial charge in [0.15, 0.2) is 0 Å². The molecular formula is C20H20F2N4O3. The maximum absolute atomic E-state index is 14.4. The summed E-state index contributed by atoms with van der Waals surface area (Å²) < 4.78 is 33.8. The molecule has 0 spiro atoms. The number of hydrazine groups is 1. The molecule has 0 radical (unpaired) electrons. The lowest BCUT2D eigenvalue weighted by Gasteiger charge is -2.28. The number of alkyl halides is 2. The molecule has 2 amide bonds. The minimum absolute atomic E-state index is 0.216. The standard InChI is InChI=1S/C20H20F2N4O3/c1-13-6-8-15(9-7-13)26-17(27)11-23-18(25-26)19(28)24-12-20(21,22)14-4-3-5-16(10-14)29-2/h3-10H,11-12H2,1-2H3,(H,23,25)(H,24,28). The number of amidine groups is 1. The molecule has 2 N–H and O–H groups in total. The summed E-state index contributed by atoms with van der Waals surface area (Å²) in [6, 6.07) is 12.5. The highest BCUT2D eigenvalue weighted by atomic mass is 19.3. The molecule has 2 aromatic rings. The number of nitrogens with one attached hydrogen (secondary N) is 2. The molecule has 0 bridgehead atoms. The van der Waals surface area contributed by atoms with Crippen molar-refractivity contribution in [1.29, 1.82) is 0 Å². The topological polar surface area (TPSA) is 83.0 Å². The van der Waals surface area contributed by atoms with Crippen molar-refractivity contribution in [3.05, 3.63) is 59.7 Å². The van der Waals surface area contributed by atoms with Crippen LogP contribution < -0.4 is 20.5 Å². The van der Waals surface area contributed by atoms with Crippen LogP contribution in [-0.4, -0.2) is 37.8 Å². The quantitative estimate of drug-likeness (QED) is 0.776. The Kier molecular flexibility index (Phi) is 5.76. The van der Waals surface area contributed by atoms with E-state index in [-0.39, 0.29) is 23.9 Å². The maximum atomic E-state index is 14.4. The first-order chi connectivity index (χ1) is 13.8. The van der Waals surface area contributed by atoms with Crippen LogP contribution in [0, 0.1) is 6.92 Å². The Morgan fingerprint density at radius 1 is 1.28 bits per heavy atom. The number of methoxy groups -OCH3 is 1. The third-order valence-corrected chi connectivity index (χ3v) is 4.31. The lowest BCUT2D eigenvalue weighted by Crippen LogP contribution is -2.56. The highest BCUT2D eigenvalue weighted by molar-refractivity contribution is 6.39. The van der Waals surface area contributed by atoms with Gasteiger partial charge < -0.3 is 10.1 Å². The number of hydrogen-bond donors (Lipinski definition) is 2. The number of nitrogens with zero attached hydrogens (tertiary/aromatic N) is 2. The molecule has 0 aliphatic carbocycles. The van der Waals surface area contributed by atoms with Crippen molar-refractivity contribution in [2.24, 2.45) is 4.99 Å². The molecule has 0 fully saturated rings. The number of anilines is 1. The van der Waals surface area contributed by atoms with Crippen LogP contribution in [0.2, 0.25) is 0 Å². The predicted octanol–water partition coefficient (Wildman–Crippen LogP) is 2.16. The highest BCUT2D eigenvalue weighted by Crippen LogP contribution is 2.29. The second-order valence-corrected chi connectivity index (χ2v) is 6.46. The van der Waals surface area contributed by atoms with Crippen LogP contribution in [0.5, 0.6) is 5.75 Å². The minimum atomic E-state index is -3.31. The Morgan fingerprint density at radius 3 is 2.69 bits per heavy atom. The van der Waals surface area contributed by atoms with Crippen LogP contribution in [0.4, 0.5) is 14.5 Å². The van der Waals surface area contributed by atoms with Crippen molar-refractivity contribution in [3.63, 3.8) is 0 Å². The number of carbonyl (C=O) groups excluding carboxylic acids is 2. The molecule has 0 aromatic heterocycles. The third kappa shape index (κ3) is 4.68. The van der Waals surface area contributed by atoms with Crippen LogP contribution in [0.3, 0.4) is 0 Å². The number of amides is 2. The van der Waals surface area contributed by atoms with Crippen LogP contribution in [0.1, 0.15) is 11.1 Å². The van der Waals surface area contributed by atoms with Crippen LogP contribution in [0.15, 0.2) is 53.5 Å². The van der Waals surface area contributed by atoms with Gasteiger partial charge in [0.1, 0.15) is 12.3 Å². The number of halogens is 2. The summed E-state index contributed by atoms with van der Waals surface area (Å²) in [5.41, 5.74) is 3.83. The average Bonchev–Trinajstić information content (AvgIpc) is 2.73. The molecule has 9 heteroatoms. The van der Waals surface area contributed by atoms with E-state index in [0.29, 0.717) is 11.4 Å². The highest BCUT2D eigenvalue weighted by Gasteiger charge is 2.34. The van der Waals surface area contributed by atoms with Gasteiger partial charge in [0.05, 0.1) is 19.3 Å². The van der Waals surface area contributed by atoms with Crippen molar-refractivity contribution < 1.29 is 23.1 Å². The van der Waals surface area contributed by atoms with Gasteiger partial charge in [-0.1, -0.05) is 29.8 Å². The van der Waals surface area contributed by atoms with Crippen molar-refractivity contribution in [3.8, 4) is 5.75 Å². The largest absolute Gasteiger partial charge is 0.497 e. The fourth-order valence-electron chi connectivity index (χ4n) is 2.67. The second kappa shape index (κ2) is 8.26. The van der Waals surface area contributed by atoms with Crippen molar-refractivity contribution >= 4 is 23.3 Å². The third-order valence-electron chi connectivity index (χ3n) is 4.31. The molecule has 0 unspecified atom stereocenters. The van der Waals surface area contributed by atoms with Gasteiger partial charge in [-0.2, -0.15) is 8.78 Å². The molecule has 29 heavy (non-hydrogen) atoms. The first-order valence-electron chi connectivity index (χ1n) is 8.81. The van der Waals surface area contributed by atoms with Crippen LogP contribution >= 0.6 is 0 Å². The van der Waals surface area contributed by atoms with Crippen LogP contribution in [0.25, 0.3) is 0 Å². The van der Waals surface area contributed by atoms with E-state index in [1.54, 1.807) is 18.2 Å². The maximum Gasteiger partial charge on any atom is 0.290 e. The molecule has 1 aliphatic heterocycles. The smallest absolute Gasteiger partial charge is 0.290 e. The molecule has 0 saturated carbocycles. The number of rotatable bonds is 6. The number of hydrogen-bond acceptors (Lipinski definition) is 5. The Balaban J connectivity index is 1.67. The van der Waals surface area contributed by atoms with Gasteiger partial charge >= 0.3 is 0 Å². The lowest BCUT2D eigenvalue weighted by atomic mass is 10.1. The summed E-state index contributed by atoms with van der Waals surface area (Å²) >= 11 is 0. The summed E-state index contributed by atoms with van der Waals surface area (Å²) in [7, 11) is 1.38. The number of benzene rings is 2. The van der Waals surface area contributed by atoms with Gasteiger partial charge in [-0.3, -0.25) is 20.0 Å². The summed E-state index contributed by atoms with van der Waals surface area (Å²) in [5, 5.41) is 3.33. The molecule has 0 atom stereocenters. The summed E-state index contributed by atoms with van der Waals surface area (Å²) in [4.78, 5) is 28.3. The molecule has 7 nitrogen and oxygen atoms in total. The van der Waals surface area contributed by atoms with E-state index in [2.05, 4.69) is 15.7 Å². The van der Waals surface area contributed by atoms with E-state index in [4.69, 9.17) is 4.74 Å². The van der Waals surface area contributed by atoms with Crippen molar-refractivity contribution in [2.45, 2.75) is 12.8 Å². The first kappa shape index (κ1) is 20.2. The zero-order chi connectivity index (χ0) is 21.0. The zero-order valence-electron chi connectivity index (χ0n) is 15.9. The summed E-state index contributed by atoms with van der Waals surface area (Å²) in [5.74, 6) is -4.44. The second-order valence-electron chi connectivity index (χ2n) is 6.46. The van der Waals surface area contributed by atoms with Gasteiger partial charge in [-0.05, 0) is 31.2 Å². The van der Waals surface area contributed by atoms with Gasteiger partial charge in [-0.15, -0.1) is 0 Å². The van der Waals surface area contributed by atoms with E-state index in [0.717, 1.165) is 5.56 Å². The number of ether oxygens (including phenoxy) is 1. The molecule has 0 saturated heterocycles. The van der Waals surface area contributed by atoms with E-state index in [9.17, 15) is 18.4 Å². The van der Waals surface area contributed by atoms with E-state index in [1.165, 1.54) is 30.3 Å². The molecular weight excluding hydrogens is 382 g/mol. The van der Waals surface area contributed by atoms with Crippen molar-refractivity contribution in [1.82, 2.24) is 10.7 Å². The molecule has 152 valence electrons. The molecule has 1 heterocycles. The fourth-order valence-corrected chi connectivity index (χ4v) is 2.67. The Bertz CT molecular complexity index is 945. The average molecular weight is 402 g/mol. The summed E-state index contributed by atoms with van der Waals surface area (Å²) in [6.45, 7) is 0.701. The summed E-state index contributed by atoms with van der Waals surface area (Å²) in [6.07, 6.45) is 0. The molecule has 3 rings (SSSR count).